The van der Waals surface area contributed by atoms with E-state index < -0.39 is 0 Å². The molecule has 1 fully saturated rings. The predicted octanol–water partition coefficient (Wildman–Crippen LogP) is 1.38. The van der Waals surface area contributed by atoms with E-state index in [9.17, 15) is 10.2 Å². The number of ether oxygens (including phenoxy) is 1. The largest absolute Gasteiger partial charge is 0.503 e. The summed E-state index contributed by atoms with van der Waals surface area (Å²) < 4.78 is 5.15. The van der Waals surface area contributed by atoms with Crippen molar-refractivity contribution in [2.24, 2.45) is 0 Å². The number of hydrogen-bond acceptors (Lipinski definition) is 5. The van der Waals surface area contributed by atoms with Crippen LogP contribution in [0.3, 0.4) is 0 Å². The smallest absolute Gasteiger partial charge is 0.176 e. The van der Waals surface area contributed by atoms with Gasteiger partial charge in [0.25, 0.3) is 0 Å². The van der Waals surface area contributed by atoms with E-state index in [4.69, 9.17) is 16.3 Å². The van der Waals surface area contributed by atoms with Gasteiger partial charge < -0.3 is 20.3 Å². The molecular formula is C14H21ClN2O3. The molecule has 112 valence electrons. The second-order valence-electron chi connectivity index (χ2n) is 4.87. The SMILES string of the molecule is COc1cc([C@H](CCO)N2CCNCC2)cc(Cl)c1O. The van der Waals surface area contributed by atoms with Crippen LogP contribution in [0.15, 0.2) is 12.1 Å². The van der Waals surface area contributed by atoms with Crippen molar-refractivity contribution in [3.8, 4) is 11.5 Å². The van der Waals surface area contributed by atoms with Crippen LogP contribution < -0.4 is 10.1 Å². The maximum Gasteiger partial charge on any atom is 0.176 e. The summed E-state index contributed by atoms with van der Waals surface area (Å²) in [6, 6.07) is 3.62. The number of rotatable bonds is 5. The quantitative estimate of drug-likeness (QED) is 0.767. The van der Waals surface area contributed by atoms with Crippen molar-refractivity contribution in [3.63, 3.8) is 0 Å². The minimum Gasteiger partial charge on any atom is -0.503 e. The Morgan fingerprint density at radius 3 is 2.70 bits per heavy atom. The molecule has 0 aliphatic carbocycles. The van der Waals surface area contributed by atoms with Gasteiger partial charge in [0.05, 0.1) is 12.1 Å². The van der Waals surface area contributed by atoms with Crippen LogP contribution in [-0.2, 0) is 0 Å². The van der Waals surface area contributed by atoms with E-state index in [0.717, 1.165) is 31.7 Å². The second kappa shape index (κ2) is 7.13. The average Bonchev–Trinajstić information content (AvgIpc) is 2.48. The van der Waals surface area contributed by atoms with Crippen molar-refractivity contribution >= 4 is 11.6 Å². The molecule has 0 saturated carbocycles. The highest BCUT2D eigenvalue weighted by Gasteiger charge is 2.23. The number of methoxy groups -OCH3 is 1. The Bertz CT molecular complexity index is 450. The van der Waals surface area contributed by atoms with E-state index in [1.54, 1.807) is 12.1 Å². The number of aromatic hydroxyl groups is 1. The van der Waals surface area contributed by atoms with Crippen LogP contribution >= 0.6 is 11.6 Å². The first-order chi connectivity index (χ1) is 9.67. The zero-order valence-electron chi connectivity index (χ0n) is 11.6. The highest BCUT2D eigenvalue weighted by molar-refractivity contribution is 6.32. The van der Waals surface area contributed by atoms with Crippen LogP contribution in [0.1, 0.15) is 18.0 Å². The summed E-state index contributed by atoms with van der Waals surface area (Å²) in [7, 11) is 1.50. The fourth-order valence-corrected chi connectivity index (χ4v) is 2.84. The molecule has 1 aliphatic rings. The topological polar surface area (TPSA) is 65.0 Å². The molecule has 0 radical (unpaired) electrons. The lowest BCUT2D eigenvalue weighted by Gasteiger charge is -2.35. The number of aliphatic hydroxyl groups excluding tert-OH is 1. The van der Waals surface area contributed by atoms with E-state index in [1.807, 2.05) is 0 Å². The maximum absolute atomic E-state index is 9.81. The molecule has 0 bridgehead atoms. The van der Waals surface area contributed by atoms with Crippen LogP contribution in [0, 0.1) is 0 Å². The maximum atomic E-state index is 9.81. The van der Waals surface area contributed by atoms with Gasteiger partial charge >= 0.3 is 0 Å². The summed E-state index contributed by atoms with van der Waals surface area (Å²) >= 11 is 6.06. The first-order valence-electron chi connectivity index (χ1n) is 6.79. The molecule has 1 heterocycles. The lowest BCUT2D eigenvalue weighted by molar-refractivity contribution is 0.141. The molecular weight excluding hydrogens is 280 g/mol. The zero-order chi connectivity index (χ0) is 14.5. The van der Waals surface area contributed by atoms with Gasteiger partial charge in [-0.25, -0.2) is 0 Å². The van der Waals surface area contributed by atoms with Gasteiger partial charge in [-0.05, 0) is 24.1 Å². The first-order valence-corrected chi connectivity index (χ1v) is 7.17. The van der Waals surface area contributed by atoms with Crippen molar-refractivity contribution in [1.29, 1.82) is 0 Å². The van der Waals surface area contributed by atoms with Gasteiger partial charge in [-0.3, -0.25) is 4.90 Å². The van der Waals surface area contributed by atoms with Crippen molar-refractivity contribution in [1.82, 2.24) is 10.2 Å². The minimum absolute atomic E-state index is 0.0408. The molecule has 1 aromatic carbocycles. The second-order valence-corrected chi connectivity index (χ2v) is 5.27. The molecule has 0 unspecified atom stereocenters. The Morgan fingerprint density at radius 1 is 1.40 bits per heavy atom. The summed E-state index contributed by atoms with van der Waals surface area (Å²) in [5.41, 5.74) is 0.959. The van der Waals surface area contributed by atoms with Gasteiger partial charge in [0.15, 0.2) is 11.5 Å². The van der Waals surface area contributed by atoms with Gasteiger partial charge in [-0.1, -0.05) is 11.6 Å². The lowest BCUT2D eigenvalue weighted by Crippen LogP contribution is -2.45. The van der Waals surface area contributed by atoms with E-state index in [1.165, 1.54) is 7.11 Å². The fourth-order valence-electron chi connectivity index (χ4n) is 2.62. The number of phenols is 1. The number of phenolic OH excluding ortho intramolecular Hbond substituents is 1. The zero-order valence-corrected chi connectivity index (χ0v) is 12.4. The van der Waals surface area contributed by atoms with Crippen LogP contribution in [-0.4, -0.2) is 55.0 Å². The number of nitrogens with one attached hydrogen (secondary N) is 1. The van der Waals surface area contributed by atoms with E-state index >= 15 is 0 Å². The van der Waals surface area contributed by atoms with Gasteiger partial charge in [-0.2, -0.15) is 0 Å². The summed E-state index contributed by atoms with van der Waals surface area (Å²) in [6.45, 7) is 3.82. The number of hydrogen-bond donors (Lipinski definition) is 3. The number of halogens is 1. The average molecular weight is 301 g/mol. The summed E-state index contributed by atoms with van der Waals surface area (Å²) in [5, 5.41) is 22.7. The fraction of sp³-hybridized carbons (Fsp3) is 0.571. The Kier molecular flexibility index (Phi) is 5.48. The van der Waals surface area contributed by atoms with Crippen molar-refractivity contribution in [3.05, 3.63) is 22.7 Å². The first kappa shape index (κ1) is 15.4. The highest BCUT2D eigenvalue weighted by Crippen LogP contribution is 2.38. The monoisotopic (exact) mass is 300 g/mol. The minimum atomic E-state index is -0.0408. The van der Waals surface area contributed by atoms with Gasteiger partial charge in [0, 0.05) is 38.8 Å². The number of aliphatic hydroxyl groups is 1. The van der Waals surface area contributed by atoms with Gasteiger partial charge in [0.2, 0.25) is 0 Å². The van der Waals surface area contributed by atoms with Crippen LogP contribution in [0.4, 0.5) is 0 Å². The molecule has 2 rings (SSSR count). The molecule has 1 saturated heterocycles. The number of benzene rings is 1. The molecule has 0 spiro atoms. The molecule has 1 aromatic rings. The Balaban J connectivity index is 2.30. The molecule has 0 aromatic heterocycles. The van der Waals surface area contributed by atoms with Crippen LogP contribution in [0.5, 0.6) is 11.5 Å². The highest BCUT2D eigenvalue weighted by atomic mass is 35.5. The molecule has 1 atom stereocenters. The van der Waals surface area contributed by atoms with Crippen LogP contribution in [0.25, 0.3) is 0 Å². The predicted molar refractivity (Wildman–Crippen MR) is 78.6 cm³/mol. The Morgan fingerprint density at radius 2 is 2.10 bits per heavy atom. The molecule has 1 aliphatic heterocycles. The van der Waals surface area contributed by atoms with Crippen molar-refractivity contribution in [2.45, 2.75) is 12.5 Å². The standard InChI is InChI=1S/C14H21ClN2O3/c1-20-13-9-10(8-11(15)14(13)19)12(2-7-18)17-5-3-16-4-6-17/h8-9,12,16,18-19H,2-7H2,1H3/t12-/m0/s1. The molecule has 20 heavy (non-hydrogen) atoms. The number of piperazine rings is 1. The molecule has 5 nitrogen and oxygen atoms in total. The molecule has 3 N–H and O–H groups in total. The Hall–Kier alpha value is -1.01. The lowest BCUT2D eigenvalue weighted by atomic mass is 10.0. The molecule has 0 amide bonds. The van der Waals surface area contributed by atoms with Crippen molar-refractivity contribution in [2.75, 3.05) is 39.9 Å². The van der Waals surface area contributed by atoms with E-state index in [2.05, 4.69) is 10.2 Å². The van der Waals surface area contributed by atoms with Crippen molar-refractivity contribution < 1.29 is 14.9 Å². The van der Waals surface area contributed by atoms with E-state index in [0.29, 0.717) is 12.2 Å². The third-order valence-electron chi connectivity index (χ3n) is 3.65. The number of nitrogens with zero attached hydrogens (tertiary/aromatic N) is 1. The Labute approximate surface area is 124 Å². The van der Waals surface area contributed by atoms with Gasteiger partial charge in [-0.15, -0.1) is 0 Å². The van der Waals surface area contributed by atoms with Gasteiger partial charge in [0.1, 0.15) is 0 Å². The van der Waals surface area contributed by atoms with Crippen LogP contribution in [0.2, 0.25) is 5.02 Å². The normalized spacial score (nSPS) is 17.9. The van der Waals surface area contributed by atoms with E-state index in [-0.39, 0.29) is 23.4 Å². The summed E-state index contributed by atoms with van der Waals surface area (Å²) in [4.78, 5) is 2.31. The summed E-state index contributed by atoms with van der Waals surface area (Å²) in [6.07, 6.45) is 0.629. The third-order valence-corrected chi connectivity index (χ3v) is 3.94. The molecule has 6 heteroatoms. The summed E-state index contributed by atoms with van der Waals surface area (Å²) in [5.74, 6) is 0.326. The third kappa shape index (κ3) is 3.35.